The van der Waals surface area contributed by atoms with E-state index in [1.165, 1.54) is 0 Å². The Hall–Kier alpha value is -0.810. The van der Waals surface area contributed by atoms with Gasteiger partial charge in [0.1, 0.15) is 0 Å². The second-order valence-electron chi connectivity index (χ2n) is 3.56. The quantitative estimate of drug-likeness (QED) is 0.473. The van der Waals surface area contributed by atoms with E-state index in [0.29, 0.717) is 0 Å². The number of nitrogens with zero attached hydrogens (tertiary/aromatic N) is 4. The summed E-state index contributed by atoms with van der Waals surface area (Å²) >= 11 is 3.93. The maximum atomic E-state index is 8.59. The van der Waals surface area contributed by atoms with Gasteiger partial charge in [-0.15, -0.1) is 4.99 Å². The summed E-state index contributed by atoms with van der Waals surface area (Å²) < 4.78 is 0.929. The molecule has 1 aromatic heterocycles. The molecule has 4 nitrogen and oxygen atoms in total. The number of hydrogen-bond donors (Lipinski definition) is 0. The van der Waals surface area contributed by atoms with E-state index < -0.39 is 0 Å². The van der Waals surface area contributed by atoms with Gasteiger partial charge in [-0.05, 0) is 11.6 Å². The van der Waals surface area contributed by atoms with Crippen molar-refractivity contribution in [3.63, 3.8) is 0 Å². The second-order valence-corrected chi connectivity index (χ2v) is 5.38. The second kappa shape index (κ2) is 6.21. The smallest absolute Gasteiger partial charge is 0.208 e. The predicted molar refractivity (Wildman–Crippen MR) is 77.9 cm³/mol. The van der Waals surface area contributed by atoms with E-state index in [1.54, 1.807) is 11.8 Å². The van der Waals surface area contributed by atoms with Crippen LogP contribution in [0.4, 0.5) is 0 Å². The van der Waals surface area contributed by atoms with Gasteiger partial charge in [-0.1, -0.05) is 40.4 Å². The van der Waals surface area contributed by atoms with Crippen LogP contribution in [0.5, 0.6) is 0 Å². The van der Waals surface area contributed by atoms with Crippen LogP contribution in [0.1, 0.15) is 11.3 Å². The molecule has 0 unspecified atom stereocenters. The molecule has 0 spiro atoms. The fourth-order valence-electron chi connectivity index (χ4n) is 1.57. The van der Waals surface area contributed by atoms with Crippen LogP contribution in [0, 0.1) is 11.5 Å². The number of aromatic nitrogens is 1. The van der Waals surface area contributed by atoms with Gasteiger partial charge in [0.25, 0.3) is 0 Å². The number of aliphatic imine (C=N–C) groups is 1. The first kappa shape index (κ1) is 12.6. The molecular formula is C11H11IN4S. The van der Waals surface area contributed by atoms with Crippen molar-refractivity contribution in [1.82, 2.24) is 9.88 Å². The van der Waals surface area contributed by atoms with E-state index in [1.807, 2.05) is 18.5 Å². The van der Waals surface area contributed by atoms with Crippen molar-refractivity contribution < 1.29 is 0 Å². The Labute approximate surface area is 118 Å². The Bertz CT molecular complexity index is 452. The van der Waals surface area contributed by atoms with E-state index in [-0.39, 0.29) is 0 Å². The average molecular weight is 358 g/mol. The van der Waals surface area contributed by atoms with Crippen molar-refractivity contribution in [3.8, 4) is 6.19 Å². The van der Waals surface area contributed by atoms with Crippen LogP contribution in [0.15, 0.2) is 23.3 Å². The van der Waals surface area contributed by atoms with Gasteiger partial charge in [-0.3, -0.25) is 4.98 Å². The lowest BCUT2D eigenvalue weighted by molar-refractivity contribution is 0.456. The van der Waals surface area contributed by atoms with Crippen molar-refractivity contribution in [3.05, 3.63) is 29.6 Å². The van der Waals surface area contributed by atoms with Crippen LogP contribution in [0.25, 0.3) is 0 Å². The van der Waals surface area contributed by atoms with Crippen molar-refractivity contribution in [1.29, 1.82) is 5.26 Å². The highest BCUT2D eigenvalue weighted by Gasteiger charge is 2.19. The molecule has 0 amide bonds. The Kier molecular flexibility index (Phi) is 4.62. The van der Waals surface area contributed by atoms with Crippen LogP contribution < -0.4 is 0 Å². The first-order chi connectivity index (χ1) is 8.33. The Morgan fingerprint density at radius 1 is 1.59 bits per heavy atom. The van der Waals surface area contributed by atoms with Gasteiger partial charge in [0.05, 0.1) is 5.69 Å². The molecule has 1 aliphatic heterocycles. The summed E-state index contributed by atoms with van der Waals surface area (Å²) in [5.41, 5.74) is 2.25. The molecule has 0 atom stereocenters. The zero-order valence-corrected chi connectivity index (χ0v) is 12.1. The van der Waals surface area contributed by atoms with Gasteiger partial charge in [0.15, 0.2) is 5.17 Å². The normalized spacial score (nSPS) is 17.4. The number of nitriles is 1. The number of hydrogen-bond acceptors (Lipinski definition) is 4. The van der Waals surface area contributed by atoms with Gasteiger partial charge in [-0.2, -0.15) is 5.26 Å². The van der Waals surface area contributed by atoms with Gasteiger partial charge in [0, 0.05) is 29.5 Å². The van der Waals surface area contributed by atoms with E-state index in [9.17, 15) is 0 Å². The van der Waals surface area contributed by atoms with E-state index in [4.69, 9.17) is 5.26 Å². The molecule has 2 heterocycles. The number of thioether (sulfide) groups is 1. The summed E-state index contributed by atoms with van der Waals surface area (Å²) in [6, 6.07) is 4.14. The number of pyridine rings is 1. The lowest BCUT2D eigenvalue weighted by Gasteiger charge is -2.16. The Morgan fingerprint density at radius 2 is 2.47 bits per heavy atom. The molecule has 2 rings (SSSR count). The zero-order chi connectivity index (χ0) is 12.1. The minimum absolute atomic E-state index is 0.780. The molecule has 88 valence electrons. The molecule has 0 N–H and O–H groups in total. The average Bonchev–Trinajstić information content (AvgIpc) is 2.78. The van der Waals surface area contributed by atoms with Crippen molar-refractivity contribution in [2.45, 2.75) is 11.0 Å². The fourth-order valence-corrected chi connectivity index (χ4v) is 2.96. The number of rotatable bonds is 3. The molecule has 0 aliphatic carbocycles. The largest absolute Gasteiger partial charge is 0.345 e. The zero-order valence-electron chi connectivity index (χ0n) is 9.14. The lowest BCUT2D eigenvalue weighted by atomic mass is 10.2. The molecule has 1 aromatic rings. The van der Waals surface area contributed by atoms with E-state index >= 15 is 0 Å². The molecule has 1 fully saturated rings. The predicted octanol–water partition coefficient (Wildman–Crippen LogP) is 2.40. The highest BCUT2D eigenvalue weighted by Crippen LogP contribution is 2.20. The van der Waals surface area contributed by atoms with Crippen molar-refractivity contribution in [2.75, 3.05) is 12.3 Å². The third-order valence-electron chi connectivity index (χ3n) is 2.40. The minimum Gasteiger partial charge on any atom is -0.345 e. The molecule has 1 saturated heterocycles. The minimum atomic E-state index is 0.780. The first-order valence-electron chi connectivity index (χ1n) is 5.18. The molecule has 6 heteroatoms. The summed E-state index contributed by atoms with van der Waals surface area (Å²) in [6.07, 6.45) is 3.76. The third kappa shape index (κ3) is 3.33. The summed E-state index contributed by atoms with van der Waals surface area (Å²) in [5.74, 6) is 1.000. The Morgan fingerprint density at radius 3 is 3.12 bits per heavy atom. The number of alkyl halides is 1. The van der Waals surface area contributed by atoms with E-state index in [0.717, 1.165) is 39.7 Å². The number of amidine groups is 1. The molecule has 17 heavy (non-hydrogen) atoms. The lowest BCUT2D eigenvalue weighted by Crippen LogP contribution is -2.23. The van der Waals surface area contributed by atoms with Crippen LogP contribution in [0.3, 0.4) is 0 Å². The highest BCUT2D eigenvalue weighted by atomic mass is 127. The van der Waals surface area contributed by atoms with Gasteiger partial charge in [-0.25, -0.2) is 0 Å². The van der Waals surface area contributed by atoms with Crippen LogP contribution in [-0.2, 0) is 11.0 Å². The molecular weight excluding hydrogens is 347 g/mol. The maximum absolute atomic E-state index is 8.59. The molecule has 0 bridgehead atoms. The fraction of sp³-hybridized carbons (Fsp3) is 0.364. The summed E-state index contributed by atoms with van der Waals surface area (Å²) in [5, 5.41) is 9.41. The topological polar surface area (TPSA) is 52.3 Å². The highest BCUT2D eigenvalue weighted by molar-refractivity contribution is 14.1. The first-order valence-corrected chi connectivity index (χ1v) is 7.69. The monoisotopic (exact) mass is 358 g/mol. The SMILES string of the molecule is N#CN=C1SCCN1Cc1ccc(CI)nc1. The van der Waals surface area contributed by atoms with Crippen LogP contribution >= 0.6 is 34.4 Å². The van der Waals surface area contributed by atoms with Gasteiger partial charge < -0.3 is 4.90 Å². The summed E-state index contributed by atoms with van der Waals surface area (Å²) in [6.45, 7) is 1.72. The Balaban J connectivity index is 2.05. The molecule has 0 radical (unpaired) electrons. The van der Waals surface area contributed by atoms with E-state index in [2.05, 4.69) is 43.5 Å². The van der Waals surface area contributed by atoms with Crippen LogP contribution in [-0.4, -0.2) is 27.3 Å². The number of halogens is 1. The van der Waals surface area contributed by atoms with Gasteiger partial charge >= 0.3 is 0 Å². The van der Waals surface area contributed by atoms with Crippen LogP contribution in [0.2, 0.25) is 0 Å². The molecule has 0 aromatic carbocycles. The standard InChI is InChI=1S/C11H11IN4S/c12-5-10-2-1-9(6-14-10)7-16-3-4-17-11(16)15-8-13/h1-2,6H,3-5,7H2. The maximum Gasteiger partial charge on any atom is 0.208 e. The molecule has 0 saturated carbocycles. The third-order valence-corrected chi connectivity index (χ3v) is 4.18. The molecule has 1 aliphatic rings. The summed E-state index contributed by atoms with van der Waals surface area (Å²) in [4.78, 5) is 10.3. The van der Waals surface area contributed by atoms with Crippen molar-refractivity contribution >= 4 is 39.5 Å². The van der Waals surface area contributed by atoms with Crippen molar-refractivity contribution in [2.24, 2.45) is 4.99 Å². The van der Waals surface area contributed by atoms with Gasteiger partial charge in [0.2, 0.25) is 6.19 Å². The summed E-state index contributed by atoms with van der Waals surface area (Å²) in [7, 11) is 0.